The topological polar surface area (TPSA) is 55.6 Å². The molecule has 1 aromatic rings. The van der Waals surface area contributed by atoms with Gasteiger partial charge in [-0.05, 0) is 25.1 Å². The van der Waals surface area contributed by atoms with Gasteiger partial charge in [0.15, 0.2) is 0 Å². The molecule has 0 unspecified atom stereocenters. The molecule has 132 valence electrons. The van der Waals surface area contributed by atoms with Gasteiger partial charge in [-0.25, -0.2) is 0 Å². The maximum absolute atomic E-state index is 12.5. The fourth-order valence-electron chi connectivity index (χ4n) is 2.89. The first-order valence-electron chi connectivity index (χ1n) is 8.49. The van der Waals surface area contributed by atoms with Gasteiger partial charge in [0.1, 0.15) is 5.75 Å². The first-order chi connectivity index (χ1) is 11.5. The van der Waals surface area contributed by atoms with Crippen LogP contribution in [0.25, 0.3) is 0 Å². The summed E-state index contributed by atoms with van der Waals surface area (Å²) in [6.45, 7) is 4.63. The molecule has 0 saturated carbocycles. The van der Waals surface area contributed by atoms with Gasteiger partial charge < -0.3 is 19.3 Å². The van der Waals surface area contributed by atoms with Crippen molar-refractivity contribution in [3.63, 3.8) is 0 Å². The number of methoxy groups -OCH3 is 1. The van der Waals surface area contributed by atoms with Crippen molar-refractivity contribution in [2.75, 3.05) is 40.9 Å². The molecule has 1 N–H and O–H groups in total. The number of carbonyl (C=O) groups is 1. The van der Waals surface area contributed by atoms with Crippen LogP contribution in [0.3, 0.4) is 0 Å². The number of carbonyl (C=O) groups excluding carboxylic acids is 1. The average molecular weight is 334 g/mol. The van der Waals surface area contributed by atoms with Crippen molar-refractivity contribution in [1.82, 2.24) is 4.90 Å². The number of amides is 1. The van der Waals surface area contributed by atoms with E-state index in [1.165, 1.54) is 0 Å². The maximum Gasteiger partial charge on any atom is 0.295 e. The number of benzene rings is 1. The van der Waals surface area contributed by atoms with Crippen molar-refractivity contribution in [2.45, 2.75) is 25.8 Å². The first kappa shape index (κ1) is 18.3. The molecule has 1 amide bonds. The van der Waals surface area contributed by atoms with Crippen LogP contribution < -0.4 is 9.64 Å². The van der Waals surface area contributed by atoms with Crippen LogP contribution in [0.2, 0.25) is 0 Å². The molecule has 6 nitrogen and oxygen atoms in total. The summed E-state index contributed by atoms with van der Waals surface area (Å²) in [4.78, 5) is 20.3. The Kier molecular flexibility index (Phi) is 6.61. The van der Waals surface area contributed by atoms with Gasteiger partial charge in [-0.3, -0.25) is 4.79 Å². The standard InChI is InChI=1S/C18H27N3O3/c1-5-24-18(21(3)15-9-11-20(2)12-10-15)19-17(22)14-7-6-8-16(13-14)23-4/h6-8,13,15H,5,9-12H2,1-4H3/p+1. The zero-order chi connectivity index (χ0) is 17.5. The van der Waals surface area contributed by atoms with Gasteiger partial charge in [0, 0.05) is 31.5 Å². The average Bonchev–Trinajstić information content (AvgIpc) is 2.61. The fraction of sp³-hybridized carbons (Fsp3) is 0.556. The first-order valence-corrected chi connectivity index (χ1v) is 8.49. The monoisotopic (exact) mass is 334 g/mol. The van der Waals surface area contributed by atoms with Gasteiger partial charge >= 0.3 is 0 Å². The number of nitrogens with one attached hydrogen (secondary N) is 1. The Bertz CT molecular complexity index is 581. The Labute approximate surface area is 144 Å². The number of piperidine rings is 1. The number of aliphatic imine (C=N–C) groups is 1. The zero-order valence-corrected chi connectivity index (χ0v) is 15.0. The molecule has 1 aliphatic heterocycles. The van der Waals surface area contributed by atoms with Crippen molar-refractivity contribution in [3.05, 3.63) is 29.8 Å². The number of amidine groups is 1. The molecule has 0 radical (unpaired) electrons. The highest BCUT2D eigenvalue weighted by atomic mass is 16.5. The fourth-order valence-corrected chi connectivity index (χ4v) is 2.89. The largest absolute Gasteiger partial charge is 0.497 e. The van der Waals surface area contributed by atoms with Crippen molar-refractivity contribution in [1.29, 1.82) is 0 Å². The number of likely N-dealkylation sites (tertiary alicyclic amines) is 1. The van der Waals surface area contributed by atoms with E-state index in [0.717, 1.165) is 25.9 Å². The number of quaternary nitrogens is 1. The van der Waals surface area contributed by atoms with E-state index < -0.39 is 0 Å². The summed E-state index contributed by atoms with van der Waals surface area (Å²) < 4.78 is 10.8. The van der Waals surface area contributed by atoms with Crippen LogP contribution in [0, 0.1) is 0 Å². The normalized spacial score (nSPS) is 21.2. The minimum Gasteiger partial charge on any atom is -0.497 e. The van der Waals surface area contributed by atoms with E-state index in [9.17, 15) is 4.79 Å². The third-order valence-electron chi connectivity index (χ3n) is 4.45. The maximum atomic E-state index is 12.5. The zero-order valence-electron chi connectivity index (χ0n) is 15.0. The van der Waals surface area contributed by atoms with Crippen LogP contribution in [-0.2, 0) is 4.74 Å². The lowest BCUT2D eigenvalue weighted by Crippen LogP contribution is -3.10. The molecule has 0 bridgehead atoms. The van der Waals surface area contributed by atoms with Crippen molar-refractivity contribution < 1.29 is 19.2 Å². The second-order valence-electron chi connectivity index (χ2n) is 6.16. The highest BCUT2D eigenvalue weighted by Gasteiger charge is 2.26. The van der Waals surface area contributed by atoms with Crippen molar-refractivity contribution >= 4 is 11.9 Å². The molecule has 24 heavy (non-hydrogen) atoms. The van der Waals surface area contributed by atoms with Gasteiger partial charge in [0.05, 0.1) is 33.9 Å². The molecule has 0 aromatic heterocycles. The predicted molar refractivity (Wildman–Crippen MR) is 93.8 cm³/mol. The van der Waals surface area contributed by atoms with E-state index in [-0.39, 0.29) is 5.91 Å². The Hall–Kier alpha value is -2.08. The van der Waals surface area contributed by atoms with Gasteiger partial charge in [-0.15, -0.1) is 0 Å². The van der Waals surface area contributed by atoms with E-state index in [0.29, 0.717) is 30.0 Å². The molecule has 1 aromatic carbocycles. The molecule has 1 heterocycles. The lowest BCUT2D eigenvalue weighted by Gasteiger charge is -2.34. The quantitative estimate of drug-likeness (QED) is 0.655. The van der Waals surface area contributed by atoms with E-state index in [2.05, 4.69) is 12.0 Å². The molecule has 1 saturated heterocycles. The van der Waals surface area contributed by atoms with Gasteiger partial charge in [0.25, 0.3) is 11.9 Å². The number of ether oxygens (including phenoxy) is 2. The summed E-state index contributed by atoms with van der Waals surface area (Å²) in [5, 5.41) is 0. The Morgan fingerprint density at radius 1 is 1.38 bits per heavy atom. The SMILES string of the molecule is CCOC(=NC(=O)c1cccc(OC)c1)N(C)C1CC[NH+](C)CC1. The minimum absolute atomic E-state index is 0.317. The Balaban J connectivity index is 2.15. The second kappa shape index (κ2) is 8.68. The molecule has 6 heteroatoms. The molecule has 2 rings (SSSR count). The summed E-state index contributed by atoms with van der Waals surface area (Å²) in [6.07, 6.45) is 2.14. The molecular formula is C18H28N3O3+. The number of hydrogen-bond donors (Lipinski definition) is 1. The van der Waals surface area contributed by atoms with Gasteiger partial charge in [-0.2, -0.15) is 4.99 Å². The minimum atomic E-state index is -0.317. The number of hydrogen-bond acceptors (Lipinski definition) is 3. The van der Waals surface area contributed by atoms with Crippen molar-refractivity contribution in [2.24, 2.45) is 4.99 Å². The van der Waals surface area contributed by atoms with Crippen LogP contribution in [-0.4, -0.2) is 63.8 Å². The predicted octanol–water partition coefficient (Wildman–Crippen LogP) is 0.837. The molecule has 1 fully saturated rings. The summed E-state index contributed by atoms with van der Waals surface area (Å²) in [5.74, 6) is 0.323. The third kappa shape index (κ3) is 4.71. The van der Waals surface area contributed by atoms with E-state index in [1.807, 2.05) is 18.9 Å². The highest BCUT2D eigenvalue weighted by Crippen LogP contribution is 2.15. The number of nitrogens with zero attached hydrogens (tertiary/aromatic N) is 2. The second-order valence-corrected chi connectivity index (χ2v) is 6.16. The smallest absolute Gasteiger partial charge is 0.295 e. The van der Waals surface area contributed by atoms with Crippen LogP contribution in [0.5, 0.6) is 5.75 Å². The molecule has 0 spiro atoms. The van der Waals surface area contributed by atoms with Crippen molar-refractivity contribution in [3.8, 4) is 5.75 Å². The van der Waals surface area contributed by atoms with Crippen LogP contribution in [0.1, 0.15) is 30.1 Å². The number of rotatable bonds is 4. The molecular weight excluding hydrogens is 306 g/mol. The van der Waals surface area contributed by atoms with Crippen LogP contribution in [0.4, 0.5) is 0 Å². The summed E-state index contributed by atoms with van der Waals surface area (Å²) >= 11 is 0. The Morgan fingerprint density at radius 3 is 2.71 bits per heavy atom. The van der Waals surface area contributed by atoms with Crippen LogP contribution >= 0.6 is 0 Å². The summed E-state index contributed by atoms with van der Waals surface area (Å²) in [5.41, 5.74) is 0.493. The molecule has 0 atom stereocenters. The summed E-state index contributed by atoms with van der Waals surface area (Å²) in [7, 11) is 5.74. The Morgan fingerprint density at radius 2 is 2.08 bits per heavy atom. The van der Waals surface area contributed by atoms with E-state index >= 15 is 0 Å². The highest BCUT2D eigenvalue weighted by molar-refractivity contribution is 6.01. The van der Waals surface area contributed by atoms with Gasteiger partial charge in [0.2, 0.25) is 0 Å². The van der Waals surface area contributed by atoms with Gasteiger partial charge in [-0.1, -0.05) is 6.07 Å². The van der Waals surface area contributed by atoms with E-state index in [1.54, 1.807) is 36.3 Å². The van der Waals surface area contributed by atoms with E-state index in [4.69, 9.17) is 9.47 Å². The molecule has 1 aliphatic rings. The molecule has 0 aliphatic carbocycles. The summed E-state index contributed by atoms with van der Waals surface area (Å²) in [6, 6.07) is 7.76. The van der Waals surface area contributed by atoms with Crippen LogP contribution in [0.15, 0.2) is 29.3 Å². The lowest BCUT2D eigenvalue weighted by atomic mass is 10.0. The third-order valence-corrected chi connectivity index (χ3v) is 4.45. The lowest BCUT2D eigenvalue weighted by molar-refractivity contribution is -0.885.